The summed E-state index contributed by atoms with van der Waals surface area (Å²) in [5, 5.41) is 10.9. The molecule has 5 heteroatoms. The van der Waals surface area contributed by atoms with E-state index < -0.39 is 5.92 Å². The first kappa shape index (κ1) is 16.4. The average Bonchev–Trinajstić information content (AvgIpc) is 2.47. The molecule has 2 rings (SSSR count). The van der Waals surface area contributed by atoms with Gasteiger partial charge in [0.25, 0.3) is 0 Å². The number of Topliss-reactive ketones (excluding diaryl/α,β-unsaturated/α-hetero) is 1. The fraction of sp³-hybridized carbons (Fsp3) is 0.235. The van der Waals surface area contributed by atoms with Crippen molar-refractivity contribution in [1.82, 2.24) is 0 Å². The maximum Gasteiger partial charge on any atom is 0.211 e. The van der Waals surface area contributed by atoms with Crippen molar-refractivity contribution >= 4 is 21.7 Å². The lowest BCUT2D eigenvalue weighted by atomic mass is 9.91. The molecule has 0 aliphatic carbocycles. The van der Waals surface area contributed by atoms with Gasteiger partial charge in [0.2, 0.25) is 6.54 Å². The molecule has 2 aromatic rings. The third-order valence-corrected chi connectivity index (χ3v) is 4.22. The van der Waals surface area contributed by atoms with Gasteiger partial charge in [0, 0.05) is 21.4 Å². The predicted molar refractivity (Wildman–Crippen MR) is 88.9 cm³/mol. The highest BCUT2D eigenvalue weighted by Gasteiger charge is 2.23. The fourth-order valence-electron chi connectivity index (χ4n) is 2.33. The van der Waals surface area contributed by atoms with E-state index >= 15 is 0 Å². The number of halogens is 1. The average molecular weight is 362 g/mol. The Morgan fingerprint density at radius 1 is 1.18 bits per heavy atom. The van der Waals surface area contributed by atoms with Crippen molar-refractivity contribution in [1.29, 1.82) is 0 Å². The van der Waals surface area contributed by atoms with E-state index in [1.165, 1.54) is 0 Å². The van der Waals surface area contributed by atoms with Crippen LogP contribution in [0.5, 0.6) is 0 Å². The number of rotatable bonds is 6. The predicted octanol–water partition coefficient (Wildman–Crippen LogP) is 4.39. The highest BCUT2D eigenvalue weighted by atomic mass is 79.9. The first-order chi connectivity index (χ1) is 10.5. The second-order valence-electron chi connectivity index (χ2n) is 5.23. The maximum atomic E-state index is 12.4. The Morgan fingerprint density at radius 2 is 1.82 bits per heavy atom. The van der Waals surface area contributed by atoms with E-state index in [9.17, 15) is 14.9 Å². The SMILES string of the molecule is Cc1ccc([C@H](CC(=O)c2ccccc2Br)C[N+](=O)[O-])cc1. The zero-order chi connectivity index (χ0) is 16.1. The van der Waals surface area contributed by atoms with E-state index in [1.54, 1.807) is 18.2 Å². The molecule has 114 valence electrons. The lowest BCUT2D eigenvalue weighted by Gasteiger charge is -2.13. The summed E-state index contributed by atoms with van der Waals surface area (Å²) in [5.74, 6) is -0.518. The molecule has 0 fully saturated rings. The quantitative estimate of drug-likeness (QED) is 0.435. The molecule has 0 saturated heterocycles. The van der Waals surface area contributed by atoms with Gasteiger partial charge in [-0.1, -0.05) is 64.0 Å². The number of carbonyl (C=O) groups excluding carboxylic acids is 1. The molecule has 0 amide bonds. The monoisotopic (exact) mass is 361 g/mol. The van der Waals surface area contributed by atoms with Crippen LogP contribution in [0.15, 0.2) is 53.0 Å². The Labute approximate surface area is 137 Å². The summed E-state index contributed by atoms with van der Waals surface area (Å²) in [6, 6.07) is 14.7. The van der Waals surface area contributed by atoms with Crippen LogP contribution < -0.4 is 0 Å². The van der Waals surface area contributed by atoms with Gasteiger partial charge in [0.1, 0.15) is 0 Å². The number of ketones is 1. The number of nitro groups is 1. The van der Waals surface area contributed by atoms with Gasteiger partial charge >= 0.3 is 0 Å². The smallest absolute Gasteiger partial charge is 0.211 e. The van der Waals surface area contributed by atoms with E-state index in [-0.39, 0.29) is 23.7 Å². The van der Waals surface area contributed by atoms with Crippen molar-refractivity contribution in [2.75, 3.05) is 6.54 Å². The van der Waals surface area contributed by atoms with E-state index in [0.717, 1.165) is 11.1 Å². The van der Waals surface area contributed by atoms with Crippen LogP contribution in [0.25, 0.3) is 0 Å². The molecule has 0 aromatic heterocycles. The molecule has 0 bridgehead atoms. The van der Waals surface area contributed by atoms with Crippen molar-refractivity contribution in [2.24, 2.45) is 0 Å². The van der Waals surface area contributed by atoms with Crippen LogP contribution in [0.2, 0.25) is 0 Å². The van der Waals surface area contributed by atoms with Crippen LogP contribution in [0.4, 0.5) is 0 Å². The summed E-state index contributed by atoms with van der Waals surface area (Å²) in [6.07, 6.45) is 0.118. The topological polar surface area (TPSA) is 60.2 Å². The van der Waals surface area contributed by atoms with Crippen molar-refractivity contribution < 1.29 is 9.72 Å². The number of carbonyl (C=O) groups is 1. The third-order valence-electron chi connectivity index (χ3n) is 3.52. The molecule has 0 N–H and O–H groups in total. The van der Waals surface area contributed by atoms with Crippen LogP contribution in [0.3, 0.4) is 0 Å². The molecular formula is C17H16BrNO3. The first-order valence-electron chi connectivity index (χ1n) is 6.93. The summed E-state index contributed by atoms with van der Waals surface area (Å²) >= 11 is 3.35. The Kier molecular flexibility index (Phi) is 5.44. The molecule has 0 radical (unpaired) electrons. The van der Waals surface area contributed by atoms with Crippen LogP contribution in [-0.2, 0) is 0 Å². The van der Waals surface area contributed by atoms with E-state index in [0.29, 0.717) is 10.0 Å². The Balaban J connectivity index is 2.23. The van der Waals surface area contributed by atoms with Crippen LogP contribution in [0.1, 0.15) is 33.8 Å². The van der Waals surface area contributed by atoms with E-state index in [2.05, 4.69) is 15.9 Å². The summed E-state index contributed by atoms with van der Waals surface area (Å²) in [5.41, 5.74) is 2.46. The standard InChI is InChI=1S/C17H16BrNO3/c1-12-6-8-13(9-7-12)14(11-19(21)22)10-17(20)15-4-2-3-5-16(15)18/h2-9,14H,10-11H2,1H3/t14-/m1/s1. The lowest BCUT2D eigenvalue weighted by Crippen LogP contribution is -2.17. The van der Waals surface area contributed by atoms with Gasteiger partial charge in [-0.25, -0.2) is 0 Å². The molecule has 0 spiro atoms. The number of hydrogen-bond acceptors (Lipinski definition) is 3. The molecule has 0 aliphatic rings. The molecule has 1 atom stereocenters. The molecule has 22 heavy (non-hydrogen) atoms. The third kappa shape index (κ3) is 4.24. The molecule has 0 saturated carbocycles. The van der Waals surface area contributed by atoms with Crippen LogP contribution in [0, 0.1) is 17.0 Å². The molecule has 2 aromatic carbocycles. The minimum Gasteiger partial charge on any atom is -0.294 e. The van der Waals surface area contributed by atoms with Gasteiger partial charge < -0.3 is 0 Å². The Bertz CT molecular complexity index is 683. The van der Waals surface area contributed by atoms with Crippen LogP contribution >= 0.6 is 15.9 Å². The second kappa shape index (κ2) is 7.31. The van der Waals surface area contributed by atoms with Crippen molar-refractivity contribution in [3.05, 3.63) is 79.8 Å². The molecule has 0 heterocycles. The number of hydrogen-bond donors (Lipinski definition) is 0. The normalized spacial score (nSPS) is 11.9. The van der Waals surface area contributed by atoms with Crippen molar-refractivity contribution in [2.45, 2.75) is 19.3 Å². The maximum absolute atomic E-state index is 12.4. The number of nitrogens with zero attached hydrogens (tertiary/aromatic N) is 1. The number of benzene rings is 2. The minimum absolute atomic E-state index is 0.0973. The molecular weight excluding hydrogens is 346 g/mol. The van der Waals surface area contributed by atoms with E-state index in [1.807, 2.05) is 37.3 Å². The van der Waals surface area contributed by atoms with Gasteiger partial charge in [0.05, 0.1) is 5.92 Å². The fourth-order valence-corrected chi connectivity index (χ4v) is 2.83. The zero-order valence-electron chi connectivity index (χ0n) is 12.2. The first-order valence-corrected chi connectivity index (χ1v) is 7.72. The van der Waals surface area contributed by atoms with Gasteiger partial charge in [-0.15, -0.1) is 0 Å². The summed E-state index contributed by atoms with van der Waals surface area (Å²) in [7, 11) is 0. The Morgan fingerprint density at radius 3 is 2.41 bits per heavy atom. The lowest BCUT2D eigenvalue weighted by molar-refractivity contribution is -0.483. The highest BCUT2D eigenvalue weighted by Crippen LogP contribution is 2.25. The highest BCUT2D eigenvalue weighted by molar-refractivity contribution is 9.10. The molecule has 4 nitrogen and oxygen atoms in total. The largest absolute Gasteiger partial charge is 0.294 e. The van der Waals surface area contributed by atoms with Gasteiger partial charge in [0.15, 0.2) is 5.78 Å². The van der Waals surface area contributed by atoms with Gasteiger partial charge in [-0.3, -0.25) is 14.9 Å². The molecule has 0 unspecified atom stereocenters. The van der Waals surface area contributed by atoms with E-state index in [4.69, 9.17) is 0 Å². The molecule has 0 aliphatic heterocycles. The van der Waals surface area contributed by atoms with Crippen molar-refractivity contribution in [3.63, 3.8) is 0 Å². The Hall–Kier alpha value is -2.01. The summed E-state index contributed by atoms with van der Waals surface area (Å²) in [4.78, 5) is 23.0. The minimum atomic E-state index is -0.421. The second-order valence-corrected chi connectivity index (χ2v) is 6.08. The zero-order valence-corrected chi connectivity index (χ0v) is 13.7. The van der Waals surface area contributed by atoms with Gasteiger partial charge in [-0.05, 0) is 18.6 Å². The van der Waals surface area contributed by atoms with Crippen LogP contribution in [-0.4, -0.2) is 17.3 Å². The van der Waals surface area contributed by atoms with Gasteiger partial charge in [-0.2, -0.15) is 0 Å². The number of aryl methyl sites for hydroxylation is 1. The summed E-state index contributed by atoms with van der Waals surface area (Å²) in [6.45, 7) is 1.71. The van der Waals surface area contributed by atoms with Crippen molar-refractivity contribution in [3.8, 4) is 0 Å². The summed E-state index contributed by atoms with van der Waals surface area (Å²) < 4.78 is 0.712.